The summed E-state index contributed by atoms with van der Waals surface area (Å²) in [5.41, 5.74) is 20.0. The summed E-state index contributed by atoms with van der Waals surface area (Å²) < 4.78 is 13.5. The molecule has 350 valence electrons. The lowest BCUT2D eigenvalue weighted by molar-refractivity contribution is 0.487. The van der Waals surface area contributed by atoms with Crippen molar-refractivity contribution in [1.29, 1.82) is 0 Å². The molecule has 4 heteroatoms. The predicted octanol–water partition coefficient (Wildman–Crippen LogP) is 19.9. The zero-order valence-electron chi connectivity index (χ0n) is 40.5. The van der Waals surface area contributed by atoms with Gasteiger partial charge in [0.2, 0.25) is 0 Å². The van der Waals surface area contributed by atoms with E-state index in [1.54, 1.807) is 0 Å². The van der Waals surface area contributed by atoms with Crippen LogP contribution in [0.2, 0.25) is 0 Å². The molecule has 14 rings (SSSR count). The van der Waals surface area contributed by atoms with Gasteiger partial charge in [-0.1, -0.05) is 182 Å². The van der Waals surface area contributed by atoms with Gasteiger partial charge in [-0.3, -0.25) is 0 Å². The number of anilines is 6. The zero-order valence-corrected chi connectivity index (χ0v) is 40.5. The lowest BCUT2D eigenvalue weighted by Crippen LogP contribution is -2.12. The first-order valence-electron chi connectivity index (χ1n) is 25.4. The maximum absolute atomic E-state index is 6.92. The van der Waals surface area contributed by atoms with E-state index in [9.17, 15) is 0 Å². The Hall–Kier alpha value is -9.64. The zero-order chi connectivity index (χ0) is 49.0. The number of aryl methyl sites for hydroxylation is 1. The number of allylic oxidation sites excluding steroid dienone is 1. The number of hydrogen-bond acceptors (Lipinski definition) is 4. The normalized spacial score (nSPS) is 12.3. The molecular weight excluding hydrogens is 901 g/mol. The van der Waals surface area contributed by atoms with Gasteiger partial charge < -0.3 is 19.0 Å². The average Bonchev–Trinajstić information content (AvgIpc) is 3.87. The fourth-order valence-electron chi connectivity index (χ4n) is 11.1. The molecule has 74 heavy (non-hydrogen) atoms. The van der Waals surface area contributed by atoms with Crippen molar-refractivity contribution < 1.29 is 9.15 Å². The van der Waals surface area contributed by atoms with Crippen LogP contribution in [0.15, 0.2) is 265 Å². The van der Waals surface area contributed by atoms with Crippen LogP contribution in [0.25, 0.3) is 83.5 Å². The molecule has 11 aromatic carbocycles. The van der Waals surface area contributed by atoms with Gasteiger partial charge in [0, 0.05) is 61.3 Å². The smallest absolute Gasteiger partial charge is 0.142 e. The molecule has 1 aromatic heterocycles. The van der Waals surface area contributed by atoms with E-state index in [0.29, 0.717) is 0 Å². The third-order valence-electron chi connectivity index (χ3n) is 14.8. The average molecular weight is 949 g/mol. The van der Waals surface area contributed by atoms with Gasteiger partial charge in [-0.05, 0) is 142 Å². The Morgan fingerprint density at radius 3 is 1.38 bits per heavy atom. The Morgan fingerprint density at radius 1 is 0.338 bits per heavy atom. The van der Waals surface area contributed by atoms with E-state index in [1.165, 1.54) is 44.3 Å². The number of hydrogen-bond donors (Lipinski definition) is 0. The molecule has 0 radical (unpaired) electrons. The Bertz CT molecular complexity index is 3970. The van der Waals surface area contributed by atoms with E-state index in [-0.39, 0.29) is 0 Å². The highest BCUT2D eigenvalue weighted by molar-refractivity contribution is 6.11. The molecule has 0 N–H and O–H groups in total. The second-order valence-corrected chi connectivity index (χ2v) is 19.1. The Balaban J connectivity index is 0.883. The summed E-state index contributed by atoms with van der Waals surface area (Å²) in [7, 11) is 0. The van der Waals surface area contributed by atoms with Crippen molar-refractivity contribution in [1.82, 2.24) is 0 Å². The topological polar surface area (TPSA) is 28.9 Å². The molecule has 0 fully saturated rings. The highest BCUT2D eigenvalue weighted by Gasteiger charge is 2.26. The van der Waals surface area contributed by atoms with Crippen molar-refractivity contribution in [3.05, 3.63) is 272 Å². The molecule has 0 spiro atoms. The Morgan fingerprint density at radius 2 is 0.811 bits per heavy atom. The monoisotopic (exact) mass is 948 g/mol. The number of para-hydroxylation sites is 1. The molecular formula is C70H48N2O2. The maximum Gasteiger partial charge on any atom is 0.142 e. The van der Waals surface area contributed by atoms with E-state index in [4.69, 9.17) is 9.15 Å². The van der Waals surface area contributed by atoms with Crippen LogP contribution in [0.4, 0.5) is 34.1 Å². The van der Waals surface area contributed by atoms with Gasteiger partial charge in [-0.2, -0.15) is 0 Å². The number of fused-ring (bicyclic) bond motifs is 5. The van der Waals surface area contributed by atoms with Crippen LogP contribution in [-0.4, -0.2) is 0 Å². The van der Waals surface area contributed by atoms with Crippen molar-refractivity contribution in [3.63, 3.8) is 0 Å². The van der Waals surface area contributed by atoms with Gasteiger partial charge in [-0.15, -0.1) is 0 Å². The minimum Gasteiger partial charge on any atom is -0.456 e. The van der Waals surface area contributed by atoms with Crippen LogP contribution >= 0.6 is 0 Å². The fraction of sp³-hybridized carbons (Fsp3) is 0.0286. The first-order chi connectivity index (χ1) is 36.7. The van der Waals surface area contributed by atoms with Gasteiger partial charge in [-0.25, -0.2) is 0 Å². The second kappa shape index (κ2) is 18.2. The summed E-state index contributed by atoms with van der Waals surface area (Å²) in [4.78, 5) is 4.72. The van der Waals surface area contributed by atoms with Gasteiger partial charge in [0.1, 0.15) is 22.8 Å². The SMILES string of the molecule is C1=Cc2oc3c(-c4ccc(N(c5ccc(-c6ccccc6)cc5)c5ccc6c7c(cccc57)-c5cc(N(c7ccc(-c8ccccc8)cc7)c7ccc(-c8ccccc8)cc7)ccc5O6)cc4)cccc3c2CC1. The molecule has 12 aromatic rings. The van der Waals surface area contributed by atoms with Crippen LogP contribution in [0, 0.1) is 0 Å². The summed E-state index contributed by atoms with van der Waals surface area (Å²) >= 11 is 0. The Labute approximate surface area is 430 Å². The first-order valence-corrected chi connectivity index (χ1v) is 25.4. The molecule has 4 nitrogen and oxygen atoms in total. The minimum absolute atomic E-state index is 0.827. The van der Waals surface area contributed by atoms with E-state index < -0.39 is 0 Å². The van der Waals surface area contributed by atoms with Gasteiger partial charge >= 0.3 is 0 Å². The van der Waals surface area contributed by atoms with Crippen LogP contribution in [0.3, 0.4) is 0 Å². The quantitative estimate of drug-likeness (QED) is 0.137. The van der Waals surface area contributed by atoms with E-state index in [2.05, 4.69) is 277 Å². The number of nitrogens with zero attached hydrogens (tertiary/aromatic N) is 2. The van der Waals surface area contributed by atoms with Gasteiger partial charge in [0.25, 0.3) is 0 Å². The van der Waals surface area contributed by atoms with E-state index >= 15 is 0 Å². The largest absolute Gasteiger partial charge is 0.456 e. The summed E-state index contributed by atoms with van der Waals surface area (Å²) in [6, 6.07) is 91.4. The lowest BCUT2D eigenvalue weighted by atomic mass is 9.92. The minimum atomic E-state index is 0.827. The molecule has 0 atom stereocenters. The second-order valence-electron chi connectivity index (χ2n) is 19.1. The summed E-state index contributed by atoms with van der Waals surface area (Å²) in [5, 5.41) is 3.37. The molecule has 1 aliphatic carbocycles. The number of benzene rings is 11. The van der Waals surface area contributed by atoms with Crippen molar-refractivity contribution in [2.24, 2.45) is 0 Å². The van der Waals surface area contributed by atoms with Gasteiger partial charge in [0.15, 0.2) is 0 Å². The number of rotatable bonds is 10. The van der Waals surface area contributed by atoms with Crippen molar-refractivity contribution in [2.45, 2.75) is 12.8 Å². The van der Waals surface area contributed by atoms with Crippen LogP contribution in [0.5, 0.6) is 11.5 Å². The third-order valence-corrected chi connectivity index (χ3v) is 14.8. The van der Waals surface area contributed by atoms with Crippen LogP contribution in [0.1, 0.15) is 17.7 Å². The fourth-order valence-corrected chi connectivity index (χ4v) is 11.1. The molecule has 0 saturated heterocycles. The first kappa shape index (κ1) is 43.2. The van der Waals surface area contributed by atoms with E-state index in [1.807, 2.05) is 0 Å². The molecule has 2 heterocycles. The lowest BCUT2D eigenvalue weighted by Gasteiger charge is -2.30. The van der Waals surface area contributed by atoms with E-state index in [0.717, 1.165) is 103 Å². The molecule has 0 saturated carbocycles. The Kier molecular flexibility index (Phi) is 10.6. The predicted molar refractivity (Wildman–Crippen MR) is 308 cm³/mol. The van der Waals surface area contributed by atoms with Gasteiger partial charge in [0.05, 0.1) is 5.69 Å². The van der Waals surface area contributed by atoms with Crippen molar-refractivity contribution in [2.75, 3.05) is 9.80 Å². The van der Waals surface area contributed by atoms with Crippen molar-refractivity contribution >= 4 is 61.9 Å². The molecule has 0 unspecified atom stereocenters. The molecule has 1 aliphatic heterocycles. The van der Waals surface area contributed by atoms with Crippen molar-refractivity contribution in [3.8, 4) is 67.1 Å². The van der Waals surface area contributed by atoms with Crippen LogP contribution in [-0.2, 0) is 6.42 Å². The number of furan rings is 1. The molecule has 0 amide bonds. The highest BCUT2D eigenvalue weighted by Crippen LogP contribution is 2.52. The van der Waals surface area contributed by atoms with Crippen LogP contribution < -0.4 is 14.5 Å². The summed E-state index contributed by atoms with van der Waals surface area (Å²) in [6.45, 7) is 0. The number of ether oxygens (including phenoxy) is 1. The third kappa shape index (κ3) is 7.64. The standard InChI is InChI=1S/C70H48N2O2/c1-4-14-47(15-5-1)50-26-34-54(35-27-50)71(55-36-28-51(29-37-55)48-16-6-2-7-17-48)58-42-44-67-64(46-58)61-22-13-24-63-65(43-45-68(73-67)69(61)63)72(56-38-30-52(31-39-56)49-18-8-3-9-19-49)57-40-32-53(33-41-57)59-21-12-23-62-60-20-10-11-25-66(60)74-70(59)62/h1-9,11-19,21-46H,10,20H2. The maximum atomic E-state index is 6.92. The molecule has 2 aliphatic rings. The summed E-state index contributed by atoms with van der Waals surface area (Å²) in [6.07, 6.45) is 6.37. The molecule has 0 bridgehead atoms. The summed E-state index contributed by atoms with van der Waals surface area (Å²) in [5.74, 6) is 2.64. The highest BCUT2D eigenvalue weighted by atomic mass is 16.5.